The summed E-state index contributed by atoms with van der Waals surface area (Å²) in [4.78, 5) is 34.4. The summed E-state index contributed by atoms with van der Waals surface area (Å²) >= 11 is 23.3. The van der Waals surface area contributed by atoms with E-state index in [0.717, 1.165) is 12.1 Å². The molecule has 0 radical (unpaired) electrons. The second-order valence-electron chi connectivity index (χ2n) is 7.45. The van der Waals surface area contributed by atoms with Crippen LogP contribution in [0.3, 0.4) is 0 Å². The van der Waals surface area contributed by atoms with Crippen LogP contribution in [0.15, 0.2) is 29.1 Å². The third-order valence-electron chi connectivity index (χ3n) is 4.94. The van der Waals surface area contributed by atoms with Gasteiger partial charge in [0.2, 0.25) is 0 Å². The van der Waals surface area contributed by atoms with Crippen LogP contribution < -0.4 is 10.4 Å². The minimum atomic E-state index is -3.12. The van der Waals surface area contributed by atoms with Crippen molar-refractivity contribution < 1.29 is 37.3 Å². The standard InChI is InChI=1S/C15H14Cl2F3N3O3.C8H6Cl2O3/c1-3-26-13(24)10(17)4-8-5-12(11(18)6-9(8)16)23-15(25)22(14(19)20)7(2)21-23;1-13-7-5(10)3-2-4(9)6(7)8(11)12/h5-6,10,14H,3-4H2,1-2H3;2-3H,1H3,(H,11,12). The van der Waals surface area contributed by atoms with E-state index in [1.165, 1.54) is 26.2 Å². The van der Waals surface area contributed by atoms with E-state index in [1.807, 2.05) is 0 Å². The number of carbonyl (C=O) groups is 2. The number of carboxylic acid groups (broad SMARTS) is 1. The van der Waals surface area contributed by atoms with Crippen LogP contribution >= 0.6 is 46.4 Å². The van der Waals surface area contributed by atoms with E-state index in [4.69, 9.17) is 61.0 Å². The van der Waals surface area contributed by atoms with Crippen molar-refractivity contribution in [1.29, 1.82) is 0 Å². The maximum atomic E-state index is 14.2. The van der Waals surface area contributed by atoms with Crippen LogP contribution in [0.5, 0.6) is 5.75 Å². The average molecular weight is 633 g/mol. The second-order valence-corrected chi connectivity index (χ2v) is 9.20. The minimum Gasteiger partial charge on any atom is -0.494 e. The first kappa shape index (κ1) is 32.3. The van der Waals surface area contributed by atoms with Crippen molar-refractivity contribution in [3.8, 4) is 11.4 Å². The molecule has 212 valence electrons. The average Bonchev–Trinajstić information content (AvgIpc) is 3.15. The molecular formula is C23H20Cl4F3N3O6. The Hall–Kier alpha value is -2.93. The Morgan fingerprint density at radius 1 is 1.13 bits per heavy atom. The molecule has 0 aliphatic rings. The number of aromatic nitrogens is 3. The number of alkyl halides is 3. The maximum absolute atomic E-state index is 14.2. The number of aromatic carboxylic acids is 1. The van der Waals surface area contributed by atoms with Crippen LogP contribution in [-0.2, 0) is 16.0 Å². The molecule has 0 fully saturated rings. The van der Waals surface area contributed by atoms with Crippen molar-refractivity contribution in [2.45, 2.75) is 32.2 Å². The number of methoxy groups -OCH3 is 1. The van der Waals surface area contributed by atoms with Gasteiger partial charge in [0, 0.05) is 11.4 Å². The van der Waals surface area contributed by atoms with Gasteiger partial charge < -0.3 is 14.6 Å². The highest BCUT2D eigenvalue weighted by atomic mass is 35.5. The Kier molecular flexibility index (Phi) is 11.5. The van der Waals surface area contributed by atoms with Gasteiger partial charge in [-0.3, -0.25) is 4.79 Å². The number of benzene rings is 2. The van der Waals surface area contributed by atoms with Gasteiger partial charge >= 0.3 is 24.2 Å². The summed E-state index contributed by atoms with van der Waals surface area (Å²) in [7, 11) is 1.34. The first-order valence-electron chi connectivity index (χ1n) is 10.8. The normalized spacial score (nSPS) is 11.6. The molecule has 1 unspecified atom stereocenters. The van der Waals surface area contributed by atoms with Crippen LogP contribution in [0.2, 0.25) is 15.1 Å². The molecular weight excluding hydrogens is 613 g/mol. The van der Waals surface area contributed by atoms with Crippen molar-refractivity contribution in [3.05, 3.63) is 72.6 Å². The van der Waals surface area contributed by atoms with Gasteiger partial charge in [0.05, 0.1) is 23.8 Å². The van der Waals surface area contributed by atoms with E-state index >= 15 is 0 Å². The Balaban J connectivity index is 0.000000344. The summed E-state index contributed by atoms with van der Waals surface area (Å²) in [6.07, 6.45) is -0.115. The lowest BCUT2D eigenvalue weighted by Gasteiger charge is -2.12. The summed E-state index contributed by atoms with van der Waals surface area (Å²) in [6, 6.07) is 4.92. The Morgan fingerprint density at radius 2 is 1.74 bits per heavy atom. The van der Waals surface area contributed by atoms with Crippen LogP contribution in [-0.4, -0.2) is 50.5 Å². The zero-order valence-electron chi connectivity index (χ0n) is 20.4. The van der Waals surface area contributed by atoms with Crippen LogP contribution in [0.4, 0.5) is 13.2 Å². The number of esters is 1. The monoisotopic (exact) mass is 631 g/mol. The van der Waals surface area contributed by atoms with Gasteiger partial charge in [-0.2, -0.15) is 13.5 Å². The highest BCUT2D eigenvalue weighted by Crippen LogP contribution is 2.33. The van der Waals surface area contributed by atoms with Gasteiger partial charge in [-0.25, -0.2) is 18.5 Å². The maximum Gasteiger partial charge on any atom is 0.355 e. The predicted octanol–water partition coefficient (Wildman–Crippen LogP) is 5.94. The highest BCUT2D eigenvalue weighted by Gasteiger charge is 2.24. The molecule has 2 aromatic carbocycles. The van der Waals surface area contributed by atoms with Gasteiger partial charge in [0.25, 0.3) is 0 Å². The first-order chi connectivity index (χ1) is 18.2. The molecule has 0 spiro atoms. The summed E-state index contributed by atoms with van der Waals surface area (Å²) in [5.74, 6) is -3.00. The number of hydrogen-bond donors (Lipinski definition) is 1. The Labute approximate surface area is 239 Å². The van der Waals surface area contributed by atoms with Crippen molar-refractivity contribution in [2.75, 3.05) is 13.7 Å². The van der Waals surface area contributed by atoms with Gasteiger partial charge in [-0.15, -0.1) is 16.7 Å². The van der Waals surface area contributed by atoms with Crippen molar-refractivity contribution in [2.24, 2.45) is 0 Å². The van der Waals surface area contributed by atoms with E-state index in [2.05, 4.69) is 5.10 Å². The number of carboxylic acids is 1. The molecule has 1 aromatic heterocycles. The highest BCUT2D eigenvalue weighted by molar-refractivity contribution is 6.37. The van der Waals surface area contributed by atoms with Crippen molar-refractivity contribution >= 4 is 58.3 Å². The van der Waals surface area contributed by atoms with Crippen molar-refractivity contribution in [3.63, 3.8) is 0 Å². The van der Waals surface area contributed by atoms with Gasteiger partial charge in [0.1, 0.15) is 22.5 Å². The number of rotatable bonds is 8. The number of halogens is 7. The largest absolute Gasteiger partial charge is 0.494 e. The van der Waals surface area contributed by atoms with Crippen LogP contribution in [0.1, 0.15) is 35.2 Å². The topological polar surface area (TPSA) is 113 Å². The fraction of sp³-hybridized carbons (Fsp3) is 0.304. The predicted molar refractivity (Wildman–Crippen MR) is 139 cm³/mol. The third kappa shape index (κ3) is 7.59. The molecule has 0 aliphatic carbocycles. The first-order valence-corrected chi connectivity index (χ1v) is 12.3. The molecule has 0 aliphatic heterocycles. The molecule has 1 N–H and O–H groups in total. The molecule has 9 nitrogen and oxygen atoms in total. The summed E-state index contributed by atoms with van der Waals surface area (Å²) in [5.41, 5.74) is -1.48. The zero-order chi connectivity index (χ0) is 29.6. The minimum absolute atomic E-state index is 0.0424. The number of nitrogens with zero attached hydrogens (tertiary/aromatic N) is 3. The molecule has 3 rings (SSSR count). The van der Waals surface area contributed by atoms with E-state index < -0.39 is 35.4 Å². The molecule has 3 aromatic rings. The Morgan fingerprint density at radius 3 is 2.23 bits per heavy atom. The van der Waals surface area contributed by atoms with Crippen LogP contribution in [0.25, 0.3) is 5.69 Å². The lowest BCUT2D eigenvalue weighted by molar-refractivity contribution is -0.142. The molecule has 1 heterocycles. The summed E-state index contributed by atoms with van der Waals surface area (Å²) in [6.45, 7) is -0.195. The van der Waals surface area contributed by atoms with Crippen LogP contribution in [0, 0.1) is 12.7 Å². The Bertz CT molecular complexity index is 1430. The molecule has 0 saturated carbocycles. The fourth-order valence-corrected chi connectivity index (χ4v) is 4.12. The van der Waals surface area contributed by atoms with E-state index in [-0.39, 0.29) is 61.1 Å². The van der Waals surface area contributed by atoms with Gasteiger partial charge in [-0.05, 0) is 43.7 Å². The van der Waals surface area contributed by atoms with E-state index in [1.54, 1.807) is 6.92 Å². The lowest BCUT2D eigenvalue weighted by Crippen LogP contribution is -2.25. The SMILES string of the molecule is CCOC(=O)C(Cl)Cc1cc(-n2nc(C)n(C(F)F)c2=O)c(F)cc1Cl.COc1c(Cl)ccc(Cl)c1C(=O)O. The molecule has 39 heavy (non-hydrogen) atoms. The molecule has 1 atom stereocenters. The smallest absolute Gasteiger partial charge is 0.355 e. The number of carbonyl (C=O) groups excluding carboxylic acids is 1. The van der Waals surface area contributed by atoms with Gasteiger partial charge in [-0.1, -0.05) is 34.8 Å². The van der Waals surface area contributed by atoms with Crippen molar-refractivity contribution in [1.82, 2.24) is 14.3 Å². The summed E-state index contributed by atoms with van der Waals surface area (Å²) in [5, 5.41) is 11.6. The molecule has 0 bridgehead atoms. The molecule has 0 saturated heterocycles. The van der Waals surface area contributed by atoms with E-state index in [0.29, 0.717) is 4.68 Å². The third-order valence-corrected chi connectivity index (χ3v) is 6.24. The fourth-order valence-electron chi connectivity index (χ4n) is 3.20. The van der Waals surface area contributed by atoms with E-state index in [9.17, 15) is 27.6 Å². The number of aryl methyl sites for hydroxylation is 1. The zero-order valence-corrected chi connectivity index (χ0v) is 23.4. The second kappa shape index (κ2) is 13.9. The number of hydrogen-bond acceptors (Lipinski definition) is 6. The van der Waals surface area contributed by atoms with Gasteiger partial charge in [0.15, 0.2) is 11.6 Å². The number of ether oxygens (including phenoxy) is 2. The summed E-state index contributed by atoms with van der Waals surface area (Å²) < 4.78 is 50.3. The molecule has 0 amide bonds. The quantitative estimate of drug-likeness (QED) is 0.241. The molecule has 16 heteroatoms. The lowest BCUT2D eigenvalue weighted by atomic mass is 10.1.